The second kappa shape index (κ2) is 3.34. The summed E-state index contributed by atoms with van der Waals surface area (Å²) >= 11 is 0. The van der Waals surface area contributed by atoms with Crippen molar-refractivity contribution in [3.8, 4) is 0 Å². The number of amides is 1. The van der Waals surface area contributed by atoms with E-state index in [0.717, 1.165) is 5.69 Å². The molecule has 0 bridgehead atoms. The minimum atomic E-state index is 0.0284. The molecule has 0 unspecified atom stereocenters. The van der Waals surface area contributed by atoms with Gasteiger partial charge in [-0.25, -0.2) is 0 Å². The quantitative estimate of drug-likeness (QED) is 0.614. The van der Waals surface area contributed by atoms with Crippen molar-refractivity contribution in [2.24, 2.45) is 7.05 Å². The summed E-state index contributed by atoms with van der Waals surface area (Å²) in [6, 6.07) is 0. The zero-order valence-electron chi connectivity index (χ0n) is 7.48. The zero-order chi connectivity index (χ0) is 9.14. The second-order valence-electron chi connectivity index (χ2n) is 2.76. The number of aromatic nitrogens is 3. The van der Waals surface area contributed by atoms with Crippen LogP contribution >= 0.6 is 0 Å². The lowest BCUT2D eigenvalue weighted by molar-refractivity contribution is -0.128. The first-order chi connectivity index (χ1) is 5.59. The maximum Gasteiger partial charge on any atom is 0.219 e. The van der Waals surface area contributed by atoms with E-state index in [-0.39, 0.29) is 5.91 Å². The van der Waals surface area contributed by atoms with Crippen molar-refractivity contribution >= 4 is 5.91 Å². The minimum absolute atomic E-state index is 0.0284. The lowest BCUT2D eigenvalue weighted by Gasteiger charge is -2.11. The Bertz CT molecular complexity index is 281. The number of carbonyl (C=O) groups excluding carboxylic acids is 1. The lowest BCUT2D eigenvalue weighted by Crippen LogP contribution is -2.23. The van der Waals surface area contributed by atoms with Gasteiger partial charge in [-0.2, -0.15) is 0 Å². The number of hydrogen-bond donors (Lipinski definition) is 0. The van der Waals surface area contributed by atoms with Gasteiger partial charge in [0.05, 0.1) is 6.54 Å². The Balaban J connectivity index is 2.58. The molecule has 0 aromatic carbocycles. The molecule has 5 heteroatoms. The van der Waals surface area contributed by atoms with Gasteiger partial charge < -0.3 is 4.90 Å². The van der Waals surface area contributed by atoms with Crippen molar-refractivity contribution in [1.82, 2.24) is 19.9 Å². The zero-order valence-corrected chi connectivity index (χ0v) is 7.48. The van der Waals surface area contributed by atoms with Crippen LogP contribution in [0, 0.1) is 0 Å². The molecular formula is C7H12N4O. The Morgan fingerprint density at radius 2 is 2.42 bits per heavy atom. The van der Waals surface area contributed by atoms with Crippen molar-refractivity contribution in [1.29, 1.82) is 0 Å². The minimum Gasteiger partial charge on any atom is -0.340 e. The molecule has 0 saturated heterocycles. The third kappa shape index (κ3) is 2.05. The highest BCUT2D eigenvalue weighted by atomic mass is 16.2. The Morgan fingerprint density at radius 1 is 1.75 bits per heavy atom. The molecule has 0 aliphatic rings. The summed E-state index contributed by atoms with van der Waals surface area (Å²) < 4.78 is 1.61. The van der Waals surface area contributed by atoms with Gasteiger partial charge in [-0.15, -0.1) is 5.10 Å². The third-order valence-corrected chi connectivity index (χ3v) is 1.59. The van der Waals surface area contributed by atoms with Gasteiger partial charge in [-0.3, -0.25) is 9.48 Å². The van der Waals surface area contributed by atoms with Crippen LogP contribution in [0.4, 0.5) is 0 Å². The molecule has 5 nitrogen and oxygen atoms in total. The molecule has 66 valence electrons. The summed E-state index contributed by atoms with van der Waals surface area (Å²) in [7, 11) is 3.53. The number of aryl methyl sites for hydroxylation is 1. The molecule has 0 saturated carbocycles. The predicted octanol–water partition coefficient (Wildman–Crippen LogP) is -0.207. The van der Waals surface area contributed by atoms with Gasteiger partial charge in [0.15, 0.2) is 0 Å². The molecule has 1 aromatic rings. The standard InChI is InChI=1S/C7H12N4O/c1-6(12)10(2)4-7-5-11(3)9-8-7/h5H,4H2,1-3H3. The fraction of sp³-hybridized carbons (Fsp3) is 0.571. The van der Waals surface area contributed by atoms with Crippen LogP contribution in [0.25, 0.3) is 0 Å². The monoisotopic (exact) mass is 168 g/mol. The highest BCUT2D eigenvalue weighted by molar-refractivity contribution is 5.72. The Hall–Kier alpha value is -1.39. The second-order valence-corrected chi connectivity index (χ2v) is 2.76. The van der Waals surface area contributed by atoms with Gasteiger partial charge in [0.25, 0.3) is 0 Å². The highest BCUT2D eigenvalue weighted by Crippen LogP contribution is 1.96. The predicted molar refractivity (Wildman–Crippen MR) is 43.2 cm³/mol. The van der Waals surface area contributed by atoms with Crippen LogP contribution in [-0.4, -0.2) is 32.8 Å². The van der Waals surface area contributed by atoms with E-state index in [0.29, 0.717) is 6.54 Å². The van der Waals surface area contributed by atoms with Crippen LogP contribution < -0.4 is 0 Å². The van der Waals surface area contributed by atoms with E-state index in [1.165, 1.54) is 6.92 Å². The normalized spacial score (nSPS) is 9.92. The van der Waals surface area contributed by atoms with Crippen LogP contribution in [-0.2, 0) is 18.4 Å². The van der Waals surface area contributed by atoms with Crippen molar-refractivity contribution in [3.05, 3.63) is 11.9 Å². The van der Waals surface area contributed by atoms with Crippen molar-refractivity contribution < 1.29 is 4.79 Å². The van der Waals surface area contributed by atoms with Crippen LogP contribution in [0.3, 0.4) is 0 Å². The van der Waals surface area contributed by atoms with Crippen molar-refractivity contribution in [2.75, 3.05) is 7.05 Å². The van der Waals surface area contributed by atoms with Gasteiger partial charge in [-0.05, 0) is 0 Å². The summed E-state index contributed by atoms with van der Waals surface area (Å²) in [5.41, 5.74) is 0.801. The van der Waals surface area contributed by atoms with Crippen molar-refractivity contribution in [3.63, 3.8) is 0 Å². The topological polar surface area (TPSA) is 51.0 Å². The number of carbonyl (C=O) groups is 1. The maximum atomic E-state index is 10.8. The van der Waals surface area contributed by atoms with Gasteiger partial charge in [-0.1, -0.05) is 5.21 Å². The van der Waals surface area contributed by atoms with Gasteiger partial charge in [0.1, 0.15) is 5.69 Å². The van der Waals surface area contributed by atoms with Crippen LogP contribution in [0.1, 0.15) is 12.6 Å². The van der Waals surface area contributed by atoms with Crippen LogP contribution in [0.15, 0.2) is 6.20 Å². The first-order valence-electron chi connectivity index (χ1n) is 3.66. The van der Waals surface area contributed by atoms with E-state index in [1.54, 1.807) is 29.9 Å². The summed E-state index contributed by atoms with van der Waals surface area (Å²) in [6.07, 6.45) is 1.79. The molecule has 0 aliphatic carbocycles. The first kappa shape index (κ1) is 8.70. The summed E-state index contributed by atoms with van der Waals surface area (Å²) in [5.74, 6) is 0.0284. The van der Waals surface area contributed by atoms with E-state index in [4.69, 9.17) is 0 Å². The molecule has 1 heterocycles. The average Bonchev–Trinajstić information content (AvgIpc) is 2.35. The van der Waals surface area contributed by atoms with Gasteiger partial charge in [0, 0.05) is 27.2 Å². The number of nitrogens with zero attached hydrogens (tertiary/aromatic N) is 4. The molecule has 0 spiro atoms. The Morgan fingerprint density at radius 3 is 2.83 bits per heavy atom. The largest absolute Gasteiger partial charge is 0.340 e. The summed E-state index contributed by atoms with van der Waals surface area (Å²) in [6.45, 7) is 2.04. The van der Waals surface area contributed by atoms with E-state index in [9.17, 15) is 4.79 Å². The number of hydrogen-bond acceptors (Lipinski definition) is 3. The molecule has 1 rings (SSSR count). The van der Waals surface area contributed by atoms with Crippen molar-refractivity contribution in [2.45, 2.75) is 13.5 Å². The highest BCUT2D eigenvalue weighted by Gasteiger charge is 2.05. The average molecular weight is 168 g/mol. The van der Waals surface area contributed by atoms with Gasteiger partial charge in [0.2, 0.25) is 5.91 Å². The fourth-order valence-corrected chi connectivity index (χ4v) is 0.822. The van der Waals surface area contributed by atoms with E-state index in [2.05, 4.69) is 10.3 Å². The van der Waals surface area contributed by atoms with Gasteiger partial charge >= 0.3 is 0 Å². The summed E-state index contributed by atoms with van der Waals surface area (Å²) in [4.78, 5) is 12.4. The van der Waals surface area contributed by atoms with Crippen LogP contribution in [0.5, 0.6) is 0 Å². The first-order valence-corrected chi connectivity index (χ1v) is 3.66. The van der Waals surface area contributed by atoms with E-state index >= 15 is 0 Å². The molecular weight excluding hydrogens is 156 g/mol. The molecule has 0 N–H and O–H groups in total. The third-order valence-electron chi connectivity index (χ3n) is 1.59. The molecule has 12 heavy (non-hydrogen) atoms. The maximum absolute atomic E-state index is 10.8. The molecule has 0 aliphatic heterocycles. The fourth-order valence-electron chi connectivity index (χ4n) is 0.822. The molecule has 1 aromatic heterocycles. The summed E-state index contributed by atoms with van der Waals surface area (Å²) in [5, 5.41) is 7.61. The molecule has 0 fully saturated rings. The molecule has 0 atom stereocenters. The smallest absolute Gasteiger partial charge is 0.219 e. The molecule has 1 amide bonds. The van der Waals surface area contributed by atoms with Crippen LogP contribution in [0.2, 0.25) is 0 Å². The Kier molecular flexibility index (Phi) is 2.42. The number of rotatable bonds is 2. The Labute approximate surface area is 71.0 Å². The molecule has 0 radical (unpaired) electrons. The van der Waals surface area contributed by atoms with E-state index in [1.807, 2.05) is 0 Å². The SMILES string of the molecule is CC(=O)N(C)Cc1cn(C)nn1. The lowest BCUT2D eigenvalue weighted by atomic mass is 10.4. The van der Waals surface area contributed by atoms with E-state index < -0.39 is 0 Å².